The molecule has 0 saturated carbocycles. The van der Waals surface area contributed by atoms with Crippen molar-refractivity contribution in [1.29, 1.82) is 0 Å². The van der Waals surface area contributed by atoms with E-state index in [2.05, 4.69) is 51.9 Å². The van der Waals surface area contributed by atoms with Crippen LogP contribution in [0.15, 0.2) is 97.2 Å². The zero-order valence-corrected chi connectivity index (χ0v) is 23.1. The first kappa shape index (κ1) is 25.3. The summed E-state index contributed by atoms with van der Waals surface area (Å²) < 4.78 is 4.50. The van der Waals surface area contributed by atoms with E-state index in [9.17, 15) is 9.59 Å². The van der Waals surface area contributed by atoms with Gasteiger partial charge in [0.05, 0.1) is 5.52 Å². The van der Waals surface area contributed by atoms with E-state index in [0.29, 0.717) is 11.6 Å². The summed E-state index contributed by atoms with van der Waals surface area (Å²) in [5.74, 6) is -0.335. The van der Waals surface area contributed by atoms with Crippen LogP contribution in [0.4, 0.5) is 0 Å². The van der Waals surface area contributed by atoms with E-state index < -0.39 is 5.91 Å². The van der Waals surface area contributed by atoms with Crippen molar-refractivity contribution in [2.24, 2.45) is 12.8 Å². The highest BCUT2D eigenvalue weighted by Crippen LogP contribution is 2.38. The monoisotopic (exact) mass is 540 g/mol. The van der Waals surface area contributed by atoms with Crippen molar-refractivity contribution in [1.82, 2.24) is 14.0 Å². The van der Waals surface area contributed by atoms with E-state index in [1.54, 1.807) is 6.07 Å². The molecule has 2 N–H and O–H groups in total. The third-order valence-corrected chi connectivity index (χ3v) is 8.66. The van der Waals surface area contributed by atoms with Crippen LogP contribution >= 0.6 is 0 Å². The quantitative estimate of drug-likeness (QED) is 0.247. The number of rotatable bonds is 6. The van der Waals surface area contributed by atoms with Crippen LogP contribution in [0.25, 0.3) is 32.7 Å². The highest BCUT2D eigenvalue weighted by molar-refractivity contribution is 6.25. The predicted octanol–water partition coefficient (Wildman–Crippen LogP) is 6.45. The molecule has 6 aromatic rings. The fourth-order valence-electron chi connectivity index (χ4n) is 6.72. The Morgan fingerprint density at radius 1 is 0.780 bits per heavy atom. The summed E-state index contributed by atoms with van der Waals surface area (Å²) in [5.41, 5.74) is 12.0. The fourth-order valence-corrected chi connectivity index (χ4v) is 6.72. The maximum Gasteiger partial charge on any atom is 0.248 e. The smallest absolute Gasteiger partial charge is 0.248 e. The van der Waals surface area contributed by atoms with Gasteiger partial charge < -0.3 is 14.9 Å². The lowest BCUT2D eigenvalue weighted by molar-refractivity contribution is 0.0998. The molecule has 41 heavy (non-hydrogen) atoms. The Morgan fingerprint density at radius 2 is 1.46 bits per heavy atom. The molecule has 1 fully saturated rings. The largest absolute Gasteiger partial charge is 0.366 e. The van der Waals surface area contributed by atoms with Gasteiger partial charge in [-0.05, 0) is 48.7 Å². The second-order valence-electron chi connectivity index (χ2n) is 11.2. The van der Waals surface area contributed by atoms with Gasteiger partial charge in [-0.15, -0.1) is 0 Å². The van der Waals surface area contributed by atoms with Crippen molar-refractivity contribution in [3.8, 4) is 0 Å². The Kier molecular flexibility index (Phi) is 6.20. The van der Waals surface area contributed by atoms with E-state index in [1.807, 2.05) is 60.3 Å². The number of amides is 1. The molecule has 0 atom stereocenters. The van der Waals surface area contributed by atoms with Crippen molar-refractivity contribution < 1.29 is 9.59 Å². The third-order valence-electron chi connectivity index (χ3n) is 8.66. The van der Waals surface area contributed by atoms with Gasteiger partial charge in [-0.1, -0.05) is 60.7 Å². The summed E-state index contributed by atoms with van der Waals surface area (Å²) >= 11 is 0. The Labute approximate surface area is 238 Å². The van der Waals surface area contributed by atoms with Crippen molar-refractivity contribution >= 4 is 44.4 Å². The Bertz CT molecular complexity index is 1960. The van der Waals surface area contributed by atoms with Crippen LogP contribution in [0.3, 0.4) is 0 Å². The van der Waals surface area contributed by atoms with E-state index in [0.717, 1.165) is 76.4 Å². The first-order valence-electron chi connectivity index (χ1n) is 14.2. The lowest BCUT2D eigenvalue weighted by Crippen LogP contribution is -2.34. The minimum absolute atomic E-state index is 0.0586. The molecule has 7 rings (SSSR count). The molecule has 1 aliphatic heterocycles. The number of benzene rings is 4. The number of fused-ring (bicyclic) bond motifs is 4. The minimum atomic E-state index is -0.393. The summed E-state index contributed by atoms with van der Waals surface area (Å²) in [6, 6.07) is 30.7. The zero-order valence-electron chi connectivity index (χ0n) is 23.1. The van der Waals surface area contributed by atoms with Gasteiger partial charge in [0.1, 0.15) is 0 Å². The molecule has 4 aromatic carbocycles. The molecule has 0 bridgehead atoms. The molecule has 204 valence electrons. The van der Waals surface area contributed by atoms with E-state index in [-0.39, 0.29) is 5.78 Å². The number of aryl methyl sites for hydroxylation is 1. The first-order chi connectivity index (χ1) is 20.0. The summed E-state index contributed by atoms with van der Waals surface area (Å²) in [6.07, 6.45) is 3.97. The van der Waals surface area contributed by atoms with Crippen LogP contribution in [0.2, 0.25) is 0 Å². The van der Waals surface area contributed by atoms with Crippen LogP contribution in [0, 0.1) is 0 Å². The van der Waals surface area contributed by atoms with Gasteiger partial charge in [0.25, 0.3) is 0 Å². The van der Waals surface area contributed by atoms with E-state index in [4.69, 9.17) is 5.73 Å². The minimum Gasteiger partial charge on any atom is -0.366 e. The molecular weight excluding hydrogens is 508 g/mol. The summed E-state index contributed by atoms with van der Waals surface area (Å²) in [6.45, 7) is 2.70. The van der Waals surface area contributed by atoms with Gasteiger partial charge in [-0.3, -0.25) is 14.5 Å². The number of carbonyl (C=O) groups is 2. The number of hydrogen-bond acceptors (Lipinski definition) is 3. The number of aromatic nitrogens is 2. The average molecular weight is 541 g/mol. The Balaban J connectivity index is 1.23. The van der Waals surface area contributed by atoms with Crippen molar-refractivity contribution in [2.45, 2.75) is 25.4 Å². The van der Waals surface area contributed by atoms with Crippen molar-refractivity contribution in [2.75, 3.05) is 13.1 Å². The molecule has 0 radical (unpaired) electrons. The first-order valence-corrected chi connectivity index (χ1v) is 14.2. The molecule has 0 spiro atoms. The highest BCUT2D eigenvalue weighted by atomic mass is 16.1. The summed E-state index contributed by atoms with van der Waals surface area (Å²) in [7, 11) is 1.99. The molecule has 3 heterocycles. The number of para-hydroxylation sites is 2. The number of nitrogens with zero attached hydrogens (tertiary/aromatic N) is 3. The number of ketones is 1. The molecule has 0 unspecified atom stereocenters. The highest BCUT2D eigenvalue weighted by Gasteiger charge is 2.26. The van der Waals surface area contributed by atoms with Crippen LogP contribution in [0.5, 0.6) is 0 Å². The second-order valence-corrected chi connectivity index (χ2v) is 11.2. The topological polar surface area (TPSA) is 73.3 Å². The number of likely N-dealkylation sites (tertiary alicyclic amines) is 1. The van der Waals surface area contributed by atoms with Crippen molar-refractivity contribution in [3.63, 3.8) is 0 Å². The molecule has 2 aromatic heterocycles. The maximum absolute atomic E-state index is 14.1. The van der Waals surface area contributed by atoms with E-state index in [1.165, 1.54) is 5.52 Å². The molecule has 1 aliphatic rings. The number of piperidine rings is 1. The maximum atomic E-state index is 14.1. The van der Waals surface area contributed by atoms with Gasteiger partial charge in [-0.2, -0.15) is 0 Å². The second kappa shape index (κ2) is 10.1. The van der Waals surface area contributed by atoms with Gasteiger partial charge in [0.2, 0.25) is 5.91 Å². The predicted molar refractivity (Wildman–Crippen MR) is 164 cm³/mol. The molecule has 1 saturated heterocycles. The Hall–Kier alpha value is -4.68. The van der Waals surface area contributed by atoms with Crippen LogP contribution in [-0.4, -0.2) is 38.8 Å². The average Bonchev–Trinajstić information content (AvgIpc) is 3.52. The number of hydrogen-bond donors (Lipinski definition) is 1. The van der Waals surface area contributed by atoms with Gasteiger partial charge in [-0.25, -0.2) is 0 Å². The molecule has 6 nitrogen and oxygen atoms in total. The van der Waals surface area contributed by atoms with Gasteiger partial charge >= 0.3 is 0 Å². The number of primary amides is 1. The third kappa shape index (κ3) is 4.32. The summed E-state index contributed by atoms with van der Waals surface area (Å²) in [5, 5.41) is 3.14. The van der Waals surface area contributed by atoms with Crippen LogP contribution < -0.4 is 5.73 Å². The molecular formula is C35H32N4O2. The summed E-state index contributed by atoms with van der Waals surface area (Å²) in [4.78, 5) is 28.2. The number of nitrogens with two attached hydrogens (primary N) is 1. The van der Waals surface area contributed by atoms with Crippen LogP contribution in [-0.2, 0) is 13.6 Å². The molecule has 0 aliphatic carbocycles. The van der Waals surface area contributed by atoms with Crippen LogP contribution in [0.1, 0.15) is 50.7 Å². The SMILES string of the molecule is Cn1cc(C(=O)c2cccc3c2c2ccccc2n3C2CCN(Cc3cccc(C(N)=O)c3)CC2)c2ccccc21. The lowest BCUT2D eigenvalue weighted by Gasteiger charge is -2.33. The Morgan fingerprint density at radius 3 is 2.24 bits per heavy atom. The normalized spacial score (nSPS) is 14.8. The van der Waals surface area contributed by atoms with Gasteiger partial charge in [0.15, 0.2) is 5.78 Å². The molecule has 6 heteroatoms. The number of carbonyl (C=O) groups excluding carboxylic acids is 2. The standard InChI is InChI=1S/C35H32N4O2/c1-37-22-29(26-10-2-4-13-30(26)37)34(40)28-12-7-15-32-33(28)27-11-3-5-14-31(27)39(32)25-16-18-38(19-17-25)21-23-8-6-9-24(20-23)35(36)41/h2-15,20,22,25H,16-19,21H2,1H3,(H2,36,41). The van der Waals surface area contributed by atoms with Crippen molar-refractivity contribution in [3.05, 3.63) is 119 Å². The van der Waals surface area contributed by atoms with E-state index >= 15 is 0 Å². The fraction of sp³-hybridized carbons (Fsp3) is 0.200. The molecule has 1 amide bonds. The zero-order chi connectivity index (χ0) is 28.1. The lowest BCUT2D eigenvalue weighted by atomic mass is 9.98. The van der Waals surface area contributed by atoms with Gasteiger partial charge in [0, 0.05) is 82.8 Å².